The molecular formula is C44H32BrNOS. The zero-order chi connectivity index (χ0) is 32.6. The summed E-state index contributed by atoms with van der Waals surface area (Å²) in [5, 5.41) is 4.72. The van der Waals surface area contributed by atoms with Crippen molar-refractivity contribution in [1.82, 2.24) is 0 Å². The Labute approximate surface area is 292 Å². The first-order chi connectivity index (χ1) is 23.7. The van der Waals surface area contributed by atoms with Crippen LogP contribution in [0.25, 0.3) is 64.4 Å². The van der Waals surface area contributed by atoms with Crippen molar-refractivity contribution in [2.75, 3.05) is 4.90 Å². The zero-order valence-electron chi connectivity index (χ0n) is 26.7. The summed E-state index contributed by atoms with van der Waals surface area (Å²) in [4.78, 5) is 2.35. The molecule has 4 heteroatoms. The van der Waals surface area contributed by atoms with Crippen LogP contribution < -0.4 is 4.90 Å². The highest BCUT2D eigenvalue weighted by Crippen LogP contribution is 2.45. The first-order valence-corrected chi connectivity index (χ1v) is 17.9. The summed E-state index contributed by atoms with van der Waals surface area (Å²) in [5.41, 5.74) is 9.84. The number of para-hydroxylation sites is 1. The second-order valence-corrected chi connectivity index (χ2v) is 13.4. The highest BCUT2D eigenvalue weighted by molar-refractivity contribution is 9.10. The van der Waals surface area contributed by atoms with Crippen molar-refractivity contribution in [2.24, 2.45) is 0 Å². The second kappa shape index (κ2) is 12.8. The van der Waals surface area contributed by atoms with Gasteiger partial charge in [0.05, 0.1) is 4.47 Å². The standard InChI is InChI=1S/C42H26BrNOS.C2H6/c43-38-26-33(25-37-34-13-7-8-14-39(34)45-42(37)38)44(31-18-15-29(16-19-31)27-9-3-1-4-10-27)32-20-22-41-36(24-32)35-23-30(17-21-40(35)46-41)28-11-5-2-6-12-28;1-2/h1-26H;1-2H3. The van der Waals surface area contributed by atoms with E-state index in [1.165, 1.54) is 42.4 Å². The van der Waals surface area contributed by atoms with Gasteiger partial charge in [0.25, 0.3) is 0 Å². The number of anilines is 3. The maximum Gasteiger partial charge on any atom is 0.149 e. The molecule has 0 radical (unpaired) electrons. The van der Waals surface area contributed by atoms with Crippen molar-refractivity contribution in [2.45, 2.75) is 13.8 Å². The number of fused-ring (bicyclic) bond motifs is 6. The Morgan fingerprint density at radius 2 is 1.00 bits per heavy atom. The SMILES string of the molecule is Brc1cc(N(c2ccc(-c3ccccc3)cc2)c2ccc3sc4ccc(-c5ccccc5)cc4c3c2)cc2c1oc1ccccc12.CC. The van der Waals surface area contributed by atoms with Crippen LogP contribution in [0.15, 0.2) is 167 Å². The van der Waals surface area contributed by atoms with Crippen LogP contribution in [0.5, 0.6) is 0 Å². The maximum absolute atomic E-state index is 6.27. The van der Waals surface area contributed by atoms with Crippen molar-refractivity contribution >= 4 is 86.4 Å². The van der Waals surface area contributed by atoms with E-state index in [9.17, 15) is 0 Å². The fourth-order valence-corrected chi connectivity index (χ4v) is 8.09. The van der Waals surface area contributed by atoms with Crippen molar-refractivity contribution in [1.29, 1.82) is 0 Å². The van der Waals surface area contributed by atoms with Gasteiger partial charge in [-0.15, -0.1) is 11.3 Å². The number of nitrogens with zero attached hydrogens (tertiary/aromatic N) is 1. The van der Waals surface area contributed by atoms with E-state index in [2.05, 4.69) is 166 Å². The lowest BCUT2D eigenvalue weighted by molar-refractivity contribution is 0.667. The normalized spacial score (nSPS) is 11.2. The number of hydrogen-bond acceptors (Lipinski definition) is 3. The van der Waals surface area contributed by atoms with Crippen LogP contribution in [0.4, 0.5) is 17.1 Å². The van der Waals surface area contributed by atoms with E-state index in [1.807, 2.05) is 37.3 Å². The Kier molecular flexibility index (Phi) is 8.05. The highest BCUT2D eigenvalue weighted by Gasteiger charge is 2.19. The third kappa shape index (κ3) is 5.37. The predicted octanol–water partition coefficient (Wildman–Crippen LogP) is 14.5. The van der Waals surface area contributed by atoms with Crippen LogP contribution in [-0.2, 0) is 0 Å². The van der Waals surface area contributed by atoms with Gasteiger partial charge >= 0.3 is 0 Å². The summed E-state index contributed by atoms with van der Waals surface area (Å²) in [6.45, 7) is 4.00. The molecule has 0 spiro atoms. The average Bonchev–Trinajstić information content (AvgIpc) is 3.72. The molecule has 7 aromatic carbocycles. The van der Waals surface area contributed by atoms with Gasteiger partial charge in [-0.25, -0.2) is 0 Å². The second-order valence-electron chi connectivity index (χ2n) is 11.5. The molecule has 0 atom stereocenters. The number of halogens is 1. The van der Waals surface area contributed by atoms with E-state index >= 15 is 0 Å². The van der Waals surface area contributed by atoms with Crippen LogP contribution in [-0.4, -0.2) is 0 Å². The van der Waals surface area contributed by atoms with E-state index < -0.39 is 0 Å². The van der Waals surface area contributed by atoms with Crippen LogP contribution in [0.2, 0.25) is 0 Å². The Bertz CT molecular complexity index is 2530. The van der Waals surface area contributed by atoms with Gasteiger partial charge < -0.3 is 9.32 Å². The molecule has 0 saturated carbocycles. The fourth-order valence-electron chi connectivity index (χ4n) is 6.50. The van der Waals surface area contributed by atoms with Gasteiger partial charge in [-0.1, -0.05) is 111 Å². The molecule has 0 saturated heterocycles. The van der Waals surface area contributed by atoms with Gasteiger partial charge in [-0.2, -0.15) is 0 Å². The molecule has 9 rings (SSSR count). The Morgan fingerprint density at radius 1 is 0.458 bits per heavy atom. The van der Waals surface area contributed by atoms with Gasteiger partial charge in [-0.3, -0.25) is 0 Å². The number of hydrogen-bond donors (Lipinski definition) is 0. The van der Waals surface area contributed by atoms with E-state index in [0.29, 0.717) is 0 Å². The summed E-state index contributed by atoms with van der Waals surface area (Å²) >= 11 is 5.70. The topological polar surface area (TPSA) is 16.4 Å². The van der Waals surface area contributed by atoms with E-state index in [4.69, 9.17) is 4.42 Å². The number of rotatable bonds is 5. The smallest absolute Gasteiger partial charge is 0.149 e. The largest absolute Gasteiger partial charge is 0.455 e. The Morgan fingerprint density at radius 3 is 1.73 bits per heavy atom. The fraction of sp³-hybridized carbons (Fsp3) is 0.0455. The third-order valence-corrected chi connectivity index (χ3v) is 10.5. The van der Waals surface area contributed by atoms with E-state index in [1.54, 1.807) is 0 Å². The van der Waals surface area contributed by atoms with Gasteiger partial charge in [0.1, 0.15) is 11.2 Å². The molecular weight excluding hydrogens is 670 g/mol. The summed E-state index contributed by atoms with van der Waals surface area (Å²) in [7, 11) is 0. The third-order valence-electron chi connectivity index (χ3n) is 8.73. The lowest BCUT2D eigenvalue weighted by atomic mass is 10.0. The van der Waals surface area contributed by atoms with E-state index in [0.717, 1.165) is 43.5 Å². The number of benzene rings is 7. The quantitative estimate of drug-likeness (QED) is 0.178. The van der Waals surface area contributed by atoms with Crippen LogP contribution in [0.1, 0.15) is 13.8 Å². The lowest BCUT2D eigenvalue weighted by Crippen LogP contribution is -2.10. The average molecular weight is 703 g/mol. The Hall–Kier alpha value is -5.16. The molecule has 48 heavy (non-hydrogen) atoms. The number of thiophene rings is 1. The van der Waals surface area contributed by atoms with Gasteiger partial charge in [0.2, 0.25) is 0 Å². The maximum atomic E-state index is 6.27. The summed E-state index contributed by atoms with van der Waals surface area (Å²) in [6.07, 6.45) is 0. The molecule has 0 bridgehead atoms. The molecule has 0 aliphatic rings. The molecule has 0 aliphatic heterocycles. The predicted molar refractivity (Wildman–Crippen MR) is 211 cm³/mol. The molecule has 232 valence electrons. The lowest BCUT2D eigenvalue weighted by Gasteiger charge is -2.26. The minimum absolute atomic E-state index is 0.858. The molecule has 0 N–H and O–H groups in total. The van der Waals surface area contributed by atoms with Gasteiger partial charge in [0, 0.05) is 48.0 Å². The molecule has 0 aliphatic carbocycles. The molecule has 2 aromatic heterocycles. The van der Waals surface area contributed by atoms with Crippen molar-refractivity contribution in [3.63, 3.8) is 0 Å². The molecule has 2 heterocycles. The molecule has 0 amide bonds. The van der Waals surface area contributed by atoms with Crippen molar-refractivity contribution < 1.29 is 4.42 Å². The monoisotopic (exact) mass is 701 g/mol. The van der Waals surface area contributed by atoms with Gasteiger partial charge in [-0.05, 0) is 98.8 Å². The van der Waals surface area contributed by atoms with Crippen molar-refractivity contribution in [3.8, 4) is 22.3 Å². The van der Waals surface area contributed by atoms with Crippen molar-refractivity contribution in [3.05, 3.63) is 162 Å². The Balaban J connectivity index is 0.00000165. The summed E-state index contributed by atoms with van der Waals surface area (Å²) in [6, 6.07) is 56.4. The van der Waals surface area contributed by atoms with E-state index in [-0.39, 0.29) is 0 Å². The first kappa shape index (κ1) is 30.2. The highest BCUT2D eigenvalue weighted by atomic mass is 79.9. The minimum atomic E-state index is 0.858. The molecule has 0 fully saturated rings. The molecule has 0 unspecified atom stereocenters. The van der Waals surface area contributed by atoms with Crippen LogP contribution in [0, 0.1) is 0 Å². The van der Waals surface area contributed by atoms with Crippen LogP contribution >= 0.6 is 27.3 Å². The molecule has 2 nitrogen and oxygen atoms in total. The number of furan rings is 1. The van der Waals surface area contributed by atoms with Crippen LogP contribution in [0.3, 0.4) is 0 Å². The zero-order valence-corrected chi connectivity index (χ0v) is 29.1. The minimum Gasteiger partial charge on any atom is -0.455 e. The summed E-state index contributed by atoms with van der Waals surface area (Å²) in [5.74, 6) is 0. The van der Waals surface area contributed by atoms with Gasteiger partial charge in [0.15, 0.2) is 0 Å². The molecule has 9 aromatic rings. The summed E-state index contributed by atoms with van der Waals surface area (Å²) < 4.78 is 9.77. The first-order valence-electron chi connectivity index (χ1n) is 16.3.